The molecule has 1 saturated heterocycles. The molecule has 125 valence electrons. The summed E-state index contributed by atoms with van der Waals surface area (Å²) in [6.07, 6.45) is 3.52. The number of allylic oxidation sites excluding steroid dienone is 2. The zero-order valence-electron chi connectivity index (χ0n) is 14.6. The van der Waals surface area contributed by atoms with Gasteiger partial charge in [-0.15, -0.1) is 0 Å². The van der Waals surface area contributed by atoms with Gasteiger partial charge in [-0.05, 0) is 40.4 Å². The van der Waals surface area contributed by atoms with Crippen LogP contribution in [0.15, 0.2) is 16.1 Å². The van der Waals surface area contributed by atoms with E-state index in [1.807, 2.05) is 7.11 Å². The van der Waals surface area contributed by atoms with Crippen LogP contribution in [0.5, 0.6) is 0 Å². The first-order valence-electron chi connectivity index (χ1n) is 6.88. The number of hydrogen-bond acceptors (Lipinski definition) is 3. The SMILES string of the molecule is CO[Si]1(C)C2=[C-]C(O[Si](C)(C)C)C(NC(C)(C)C)=C21.[Cl-].[Cl-].[Zr+3]. The third-order valence-electron chi connectivity index (χ3n) is 3.34. The van der Waals surface area contributed by atoms with E-state index in [-0.39, 0.29) is 62.7 Å². The Morgan fingerprint density at radius 1 is 1.18 bits per heavy atom. The van der Waals surface area contributed by atoms with Gasteiger partial charge >= 0.3 is 26.2 Å². The zero-order chi connectivity index (χ0) is 14.6. The van der Waals surface area contributed by atoms with Crippen molar-refractivity contribution in [3.8, 4) is 0 Å². The second-order valence-corrected chi connectivity index (χ2v) is 15.5. The minimum absolute atomic E-state index is 0. The van der Waals surface area contributed by atoms with Crippen LogP contribution in [0.3, 0.4) is 0 Å². The van der Waals surface area contributed by atoms with Crippen LogP contribution in [0.4, 0.5) is 0 Å². The maximum atomic E-state index is 6.25. The Hall–Kier alpha value is 1.10. The van der Waals surface area contributed by atoms with Crippen molar-refractivity contribution < 1.29 is 59.9 Å². The molecule has 2 atom stereocenters. The van der Waals surface area contributed by atoms with E-state index in [2.05, 4.69) is 58.4 Å². The summed E-state index contributed by atoms with van der Waals surface area (Å²) in [5.41, 5.74) is 1.24. The average molecular weight is 459 g/mol. The first-order chi connectivity index (χ1) is 8.48. The van der Waals surface area contributed by atoms with Gasteiger partial charge in [0.1, 0.15) is 8.32 Å². The molecule has 1 fully saturated rings. The molecule has 0 amide bonds. The Bertz CT molecular complexity index is 472. The molecule has 2 unspecified atom stereocenters. The Morgan fingerprint density at radius 3 is 2.05 bits per heavy atom. The maximum Gasteiger partial charge on any atom is 3.00 e. The molecule has 2 rings (SSSR count). The Balaban J connectivity index is 0. The van der Waals surface area contributed by atoms with E-state index in [1.54, 1.807) is 0 Å². The fraction of sp³-hybridized carbons (Fsp3) is 0.714. The quantitative estimate of drug-likeness (QED) is 0.358. The van der Waals surface area contributed by atoms with Gasteiger partial charge in [0, 0.05) is 18.8 Å². The van der Waals surface area contributed by atoms with Crippen molar-refractivity contribution >= 4 is 16.6 Å². The predicted octanol–water partition coefficient (Wildman–Crippen LogP) is -3.09. The summed E-state index contributed by atoms with van der Waals surface area (Å²) in [5.74, 6) is 0. The maximum absolute atomic E-state index is 6.25. The molecule has 0 saturated carbocycles. The van der Waals surface area contributed by atoms with Crippen LogP contribution in [-0.4, -0.2) is 35.4 Å². The molecule has 8 heteroatoms. The van der Waals surface area contributed by atoms with Gasteiger partial charge in [-0.3, -0.25) is 0 Å². The predicted molar refractivity (Wildman–Crippen MR) is 83.5 cm³/mol. The molecule has 1 aliphatic heterocycles. The van der Waals surface area contributed by atoms with E-state index >= 15 is 0 Å². The molecule has 1 heterocycles. The molecular weight excluding hydrogens is 432 g/mol. The van der Waals surface area contributed by atoms with Crippen molar-refractivity contribution in [1.29, 1.82) is 0 Å². The van der Waals surface area contributed by atoms with Crippen LogP contribution in [0.25, 0.3) is 0 Å². The molecule has 0 aromatic rings. The van der Waals surface area contributed by atoms with Crippen molar-refractivity contribution in [1.82, 2.24) is 5.32 Å². The fourth-order valence-electron chi connectivity index (χ4n) is 2.47. The molecule has 1 radical (unpaired) electrons. The average Bonchev–Trinajstić information content (AvgIpc) is 2.59. The number of halogens is 2. The largest absolute Gasteiger partial charge is 3.00 e. The number of hydrogen-bond donors (Lipinski definition) is 1. The molecule has 0 aromatic heterocycles. The summed E-state index contributed by atoms with van der Waals surface area (Å²) >= 11 is 0. The van der Waals surface area contributed by atoms with Gasteiger partial charge in [-0.2, -0.15) is 5.20 Å². The van der Waals surface area contributed by atoms with Crippen LogP contribution in [0.2, 0.25) is 26.2 Å². The summed E-state index contributed by atoms with van der Waals surface area (Å²) in [7, 11) is -1.51. The van der Waals surface area contributed by atoms with Crippen molar-refractivity contribution in [2.75, 3.05) is 7.11 Å². The summed E-state index contributed by atoms with van der Waals surface area (Å²) in [5, 5.41) is 6.31. The van der Waals surface area contributed by atoms with Crippen molar-refractivity contribution in [2.24, 2.45) is 0 Å². The van der Waals surface area contributed by atoms with E-state index in [9.17, 15) is 0 Å². The molecule has 0 aromatic carbocycles. The molecule has 3 nitrogen and oxygen atoms in total. The van der Waals surface area contributed by atoms with Gasteiger partial charge in [0.05, 0.1) is 0 Å². The van der Waals surface area contributed by atoms with Crippen LogP contribution >= 0.6 is 0 Å². The second kappa shape index (κ2) is 7.98. The van der Waals surface area contributed by atoms with Crippen molar-refractivity contribution in [2.45, 2.75) is 58.6 Å². The molecule has 0 spiro atoms. The van der Waals surface area contributed by atoms with Crippen molar-refractivity contribution in [3.05, 3.63) is 22.2 Å². The van der Waals surface area contributed by atoms with E-state index in [4.69, 9.17) is 8.85 Å². The first-order valence-corrected chi connectivity index (χ1v) is 12.7. The van der Waals surface area contributed by atoms with Crippen LogP contribution in [0, 0.1) is 6.08 Å². The summed E-state index contributed by atoms with van der Waals surface area (Å²) < 4.78 is 12.0. The van der Waals surface area contributed by atoms with E-state index in [0.717, 1.165) is 0 Å². The Labute approximate surface area is 168 Å². The monoisotopic (exact) mass is 456 g/mol. The minimum atomic E-state index is -1.75. The number of rotatable bonds is 4. The minimum Gasteiger partial charge on any atom is -1.00 e. The van der Waals surface area contributed by atoms with Crippen molar-refractivity contribution in [3.63, 3.8) is 0 Å². The summed E-state index contributed by atoms with van der Waals surface area (Å²) in [6, 6.07) is 0. The smallest absolute Gasteiger partial charge is 1.00 e. The Kier molecular flexibility index (Phi) is 9.20. The number of nitrogens with one attached hydrogen (secondary N) is 1. The van der Waals surface area contributed by atoms with E-state index in [1.165, 1.54) is 16.1 Å². The van der Waals surface area contributed by atoms with Gasteiger partial charge in [0.15, 0.2) is 8.32 Å². The number of fused-ring (bicyclic) bond motifs is 1. The van der Waals surface area contributed by atoms with E-state index < -0.39 is 16.6 Å². The van der Waals surface area contributed by atoms with Gasteiger partial charge in [-0.25, -0.2) is 11.3 Å². The molecule has 22 heavy (non-hydrogen) atoms. The second-order valence-electron chi connectivity index (χ2n) is 7.53. The molecule has 1 N–H and O–H groups in total. The van der Waals surface area contributed by atoms with E-state index in [0.29, 0.717) is 0 Å². The standard InChI is InChI=1S/C14H26NO2Si2.2ClH.Zr/c1-14(2,3)15-12-10(17-18(5,6)7)9-11-13(12)19(11,8)16-4;;;/h10,15H,1-8H3;2*1H;/q-1;;;+3/p-2. The normalized spacial score (nSPS) is 26.2. The third-order valence-corrected chi connectivity index (χ3v) is 7.67. The summed E-state index contributed by atoms with van der Waals surface area (Å²) in [4.78, 5) is 0. The molecule has 2 aliphatic rings. The fourth-order valence-corrected chi connectivity index (χ4v) is 6.33. The topological polar surface area (TPSA) is 30.5 Å². The molecular formula is C14H26Cl2NO2Si2Zr. The zero-order valence-corrected chi connectivity index (χ0v) is 20.6. The van der Waals surface area contributed by atoms with Crippen LogP contribution in [0.1, 0.15) is 20.8 Å². The Morgan fingerprint density at radius 2 is 1.68 bits per heavy atom. The van der Waals surface area contributed by atoms with Gasteiger partial charge < -0.3 is 39.0 Å². The van der Waals surface area contributed by atoms with Crippen LogP contribution in [-0.2, 0) is 35.1 Å². The summed E-state index contributed by atoms with van der Waals surface area (Å²) in [6.45, 7) is 15.4. The first kappa shape index (κ1) is 25.3. The third kappa shape index (κ3) is 5.30. The van der Waals surface area contributed by atoms with Gasteiger partial charge in [0.25, 0.3) is 0 Å². The van der Waals surface area contributed by atoms with Gasteiger partial charge in [-0.1, -0.05) is 12.2 Å². The molecule has 0 bridgehead atoms. The van der Waals surface area contributed by atoms with Gasteiger partial charge in [0.2, 0.25) is 0 Å². The van der Waals surface area contributed by atoms with Crippen LogP contribution < -0.4 is 30.1 Å². The molecule has 1 aliphatic carbocycles.